The lowest BCUT2D eigenvalue weighted by molar-refractivity contribution is -0.150. The molecule has 1 fully saturated rings. The van der Waals surface area contributed by atoms with Gasteiger partial charge in [-0.25, -0.2) is 0 Å². The van der Waals surface area contributed by atoms with Gasteiger partial charge in [0.2, 0.25) is 0 Å². The van der Waals surface area contributed by atoms with E-state index in [1.807, 2.05) is 25.1 Å². The fraction of sp³-hybridized carbons (Fsp3) is 0.562. The van der Waals surface area contributed by atoms with Gasteiger partial charge in [-0.15, -0.1) is 0 Å². The predicted molar refractivity (Wildman–Crippen MR) is 72.3 cm³/mol. The van der Waals surface area contributed by atoms with E-state index < -0.39 is 0 Å². The van der Waals surface area contributed by atoms with Gasteiger partial charge < -0.3 is 4.74 Å². The van der Waals surface area contributed by atoms with Crippen molar-refractivity contribution in [3.05, 3.63) is 35.9 Å². The molecule has 1 aromatic rings. The molecule has 2 nitrogen and oxygen atoms in total. The zero-order valence-corrected chi connectivity index (χ0v) is 11.5. The number of hydrogen-bond acceptors (Lipinski definition) is 2. The molecular formula is C16H22O2. The number of benzene rings is 1. The number of ether oxygens (including phenoxy) is 1. The van der Waals surface area contributed by atoms with Crippen LogP contribution in [0.3, 0.4) is 0 Å². The number of hydrogen-bond donors (Lipinski definition) is 0. The predicted octanol–water partition coefficient (Wildman–Crippen LogP) is 3.77. The molecule has 0 saturated heterocycles. The molecule has 1 aliphatic rings. The molecule has 0 bridgehead atoms. The third kappa shape index (κ3) is 2.43. The molecular weight excluding hydrogens is 224 g/mol. The monoisotopic (exact) mass is 246 g/mol. The Labute approximate surface area is 109 Å². The Morgan fingerprint density at radius 3 is 2.61 bits per heavy atom. The first kappa shape index (κ1) is 13.1. The van der Waals surface area contributed by atoms with Crippen LogP contribution in [0.15, 0.2) is 30.3 Å². The maximum absolute atomic E-state index is 12.2. The van der Waals surface area contributed by atoms with Crippen molar-refractivity contribution in [3.8, 4) is 0 Å². The Bertz CT molecular complexity index is 410. The van der Waals surface area contributed by atoms with Crippen molar-refractivity contribution in [2.75, 3.05) is 6.61 Å². The van der Waals surface area contributed by atoms with Crippen molar-refractivity contribution in [3.63, 3.8) is 0 Å². The van der Waals surface area contributed by atoms with E-state index in [-0.39, 0.29) is 11.4 Å². The van der Waals surface area contributed by atoms with Crippen LogP contribution >= 0.6 is 0 Å². The fourth-order valence-corrected chi connectivity index (χ4v) is 2.97. The average Bonchev–Trinajstić information content (AvgIpc) is 3.05. The van der Waals surface area contributed by atoms with Gasteiger partial charge in [0.05, 0.1) is 12.0 Å². The van der Waals surface area contributed by atoms with Gasteiger partial charge in [0.15, 0.2) is 0 Å². The number of carbonyl (C=O) groups is 1. The second-order valence-electron chi connectivity index (χ2n) is 5.64. The van der Waals surface area contributed by atoms with Gasteiger partial charge in [0, 0.05) is 5.92 Å². The lowest BCUT2D eigenvalue weighted by atomic mass is 9.90. The molecule has 0 amide bonds. The van der Waals surface area contributed by atoms with Crippen molar-refractivity contribution in [2.45, 2.75) is 39.5 Å². The molecule has 2 heteroatoms. The zero-order valence-electron chi connectivity index (χ0n) is 11.5. The first-order chi connectivity index (χ1) is 8.60. The van der Waals surface area contributed by atoms with Crippen LogP contribution in [0.25, 0.3) is 0 Å². The summed E-state index contributed by atoms with van der Waals surface area (Å²) < 4.78 is 5.28. The molecule has 1 aliphatic carbocycles. The van der Waals surface area contributed by atoms with E-state index >= 15 is 0 Å². The normalized spacial score (nSPS) is 26.1. The summed E-state index contributed by atoms with van der Waals surface area (Å²) in [5.74, 6) is 0.857. The summed E-state index contributed by atoms with van der Waals surface area (Å²) in [7, 11) is 0. The van der Waals surface area contributed by atoms with Crippen LogP contribution in [0.1, 0.15) is 45.1 Å². The van der Waals surface area contributed by atoms with Crippen LogP contribution in [0.2, 0.25) is 0 Å². The maximum Gasteiger partial charge on any atom is 0.312 e. The molecule has 0 spiro atoms. The number of esters is 1. The van der Waals surface area contributed by atoms with Crippen LogP contribution < -0.4 is 0 Å². The Hall–Kier alpha value is -1.31. The summed E-state index contributed by atoms with van der Waals surface area (Å²) in [5, 5.41) is 0. The van der Waals surface area contributed by atoms with E-state index in [2.05, 4.69) is 26.0 Å². The molecule has 0 unspecified atom stereocenters. The lowest BCUT2D eigenvalue weighted by Crippen LogP contribution is -2.23. The van der Waals surface area contributed by atoms with Crippen LogP contribution in [0.4, 0.5) is 0 Å². The average molecular weight is 246 g/mol. The van der Waals surface area contributed by atoms with E-state index in [1.54, 1.807) is 0 Å². The first-order valence-electron chi connectivity index (χ1n) is 6.82. The lowest BCUT2D eigenvalue weighted by Gasteiger charge is -2.18. The minimum absolute atomic E-state index is 0.00690. The third-order valence-electron chi connectivity index (χ3n) is 3.73. The van der Waals surface area contributed by atoms with Crippen molar-refractivity contribution >= 4 is 5.97 Å². The van der Waals surface area contributed by atoms with Crippen molar-refractivity contribution in [1.82, 2.24) is 0 Å². The van der Waals surface area contributed by atoms with Gasteiger partial charge in [-0.2, -0.15) is 0 Å². The van der Waals surface area contributed by atoms with E-state index in [4.69, 9.17) is 4.74 Å². The van der Waals surface area contributed by atoms with Gasteiger partial charge in [-0.05, 0) is 31.2 Å². The maximum atomic E-state index is 12.2. The Morgan fingerprint density at radius 2 is 2.06 bits per heavy atom. The fourth-order valence-electron chi connectivity index (χ4n) is 2.97. The Balaban J connectivity index is 2.18. The van der Waals surface area contributed by atoms with Crippen LogP contribution in [-0.2, 0) is 9.53 Å². The molecule has 2 atom stereocenters. The molecule has 0 radical (unpaired) electrons. The zero-order chi connectivity index (χ0) is 13.2. The van der Waals surface area contributed by atoms with Crippen molar-refractivity contribution in [2.24, 2.45) is 11.3 Å². The molecule has 1 aromatic carbocycles. The molecule has 0 heterocycles. The van der Waals surface area contributed by atoms with E-state index in [0.29, 0.717) is 18.4 Å². The van der Waals surface area contributed by atoms with E-state index in [1.165, 1.54) is 5.56 Å². The molecule has 0 aromatic heterocycles. The molecule has 2 rings (SSSR count). The minimum Gasteiger partial charge on any atom is -0.466 e. The van der Waals surface area contributed by atoms with Gasteiger partial charge in [-0.1, -0.05) is 44.2 Å². The van der Waals surface area contributed by atoms with E-state index in [0.717, 1.165) is 12.8 Å². The summed E-state index contributed by atoms with van der Waals surface area (Å²) in [5.41, 5.74) is 1.01. The molecule has 98 valence electrons. The van der Waals surface area contributed by atoms with E-state index in [9.17, 15) is 4.79 Å². The highest BCUT2D eigenvalue weighted by molar-refractivity contribution is 5.82. The van der Waals surface area contributed by atoms with Crippen molar-refractivity contribution < 1.29 is 9.53 Å². The summed E-state index contributed by atoms with van der Waals surface area (Å²) in [6.07, 6.45) is 1.86. The summed E-state index contributed by atoms with van der Waals surface area (Å²) >= 11 is 0. The largest absolute Gasteiger partial charge is 0.466 e. The quantitative estimate of drug-likeness (QED) is 0.739. The van der Waals surface area contributed by atoms with Crippen LogP contribution in [-0.4, -0.2) is 12.6 Å². The van der Waals surface area contributed by atoms with Crippen LogP contribution in [0.5, 0.6) is 0 Å². The van der Waals surface area contributed by atoms with Gasteiger partial charge in [-0.3, -0.25) is 4.79 Å². The first-order valence-corrected chi connectivity index (χ1v) is 6.82. The molecule has 1 saturated carbocycles. The minimum atomic E-state index is -0.258. The molecule has 0 N–H and O–H groups in total. The van der Waals surface area contributed by atoms with Gasteiger partial charge in [0.25, 0.3) is 0 Å². The highest BCUT2D eigenvalue weighted by Crippen LogP contribution is 2.63. The highest BCUT2D eigenvalue weighted by Gasteiger charge is 2.61. The topological polar surface area (TPSA) is 26.3 Å². The van der Waals surface area contributed by atoms with Crippen molar-refractivity contribution in [1.29, 1.82) is 0 Å². The number of carbonyl (C=O) groups excluding carboxylic acids is 1. The summed E-state index contributed by atoms with van der Waals surface area (Å²) in [4.78, 5) is 12.2. The Kier molecular flexibility index (Phi) is 3.74. The Morgan fingerprint density at radius 1 is 1.39 bits per heavy atom. The third-order valence-corrected chi connectivity index (χ3v) is 3.73. The standard InChI is InChI=1S/C16H22O2/c1-4-18-15(17)16(10-12(2)3)11-14(16)13-8-6-5-7-9-13/h5-9,12,14H,4,10-11H2,1-3H3/t14-,16+/m1/s1. The highest BCUT2D eigenvalue weighted by atomic mass is 16.5. The van der Waals surface area contributed by atoms with Crippen LogP contribution in [0, 0.1) is 11.3 Å². The summed E-state index contributed by atoms with van der Waals surface area (Å²) in [6, 6.07) is 10.3. The van der Waals surface area contributed by atoms with Gasteiger partial charge >= 0.3 is 5.97 Å². The van der Waals surface area contributed by atoms with Gasteiger partial charge in [0.1, 0.15) is 0 Å². The molecule has 18 heavy (non-hydrogen) atoms. The summed E-state index contributed by atoms with van der Waals surface area (Å²) in [6.45, 7) is 6.68. The molecule has 0 aliphatic heterocycles. The second kappa shape index (κ2) is 5.13. The SMILES string of the molecule is CCOC(=O)[C@@]1(CC(C)C)C[C@@H]1c1ccccc1. The number of rotatable bonds is 5. The smallest absolute Gasteiger partial charge is 0.312 e. The second-order valence-corrected chi connectivity index (χ2v) is 5.64.